The Morgan fingerprint density at radius 1 is 1.47 bits per heavy atom. The van der Waals surface area contributed by atoms with Gasteiger partial charge in [0.15, 0.2) is 11.6 Å². The summed E-state index contributed by atoms with van der Waals surface area (Å²) >= 11 is 0. The molecule has 0 radical (unpaired) electrons. The quantitative estimate of drug-likeness (QED) is 0.914. The summed E-state index contributed by atoms with van der Waals surface area (Å²) in [6, 6.07) is 2.34. The molecule has 19 heavy (non-hydrogen) atoms. The first-order chi connectivity index (χ1) is 8.79. The second-order valence-corrected chi connectivity index (χ2v) is 3.92. The summed E-state index contributed by atoms with van der Waals surface area (Å²) in [5.74, 6) is -0.788. The summed E-state index contributed by atoms with van der Waals surface area (Å²) in [7, 11) is 1.15. The van der Waals surface area contributed by atoms with E-state index in [4.69, 9.17) is 4.42 Å². The number of anilines is 1. The maximum atomic E-state index is 12.5. The van der Waals surface area contributed by atoms with Crippen molar-refractivity contribution < 1.29 is 22.4 Å². The number of nitrogens with one attached hydrogen (secondary N) is 1. The number of carbonyl (C=O) groups excluding carboxylic acids is 1. The van der Waals surface area contributed by atoms with E-state index in [0.717, 1.165) is 13.1 Å². The van der Waals surface area contributed by atoms with Gasteiger partial charge in [-0.15, -0.1) is 0 Å². The molecule has 0 aliphatic carbocycles. The highest BCUT2D eigenvalue weighted by molar-refractivity contribution is 6.02. The van der Waals surface area contributed by atoms with Crippen LogP contribution in [0.15, 0.2) is 22.8 Å². The number of rotatable bonds is 2. The Morgan fingerprint density at radius 3 is 2.63 bits per heavy atom. The third-order valence-corrected chi connectivity index (χ3v) is 2.48. The summed E-state index contributed by atoms with van der Waals surface area (Å²) in [6.45, 7) is 1.65. The zero-order chi connectivity index (χ0) is 14.2. The molecule has 0 fully saturated rings. The lowest BCUT2D eigenvalue weighted by atomic mass is 10.3. The summed E-state index contributed by atoms with van der Waals surface area (Å²) < 4.78 is 43.2. The predicted molar refractivity (Wildman–Crippen MR) is 59.6 cm³/mol. The number of aryl methyl sites for hydroxylation is 2. The van der Waals surface area contributed by atoms with E-state index in [0.29, 0.717) is 10.2 Å². The maximum Gasteiger partial charge on any atom is 0.433 e. The highest BCUT2D eigenvalue weighted by Crippen LogP contribution is 2.30. The molecule has 0 bridgehead atoms. The zero-order valence-electron chi connectivity index (χ0n) is 10.1. The van der Waals surface area contributed by atoms with Crippen LogP contribution in [0.3, 0.4) is 0 Å². The normalized spacial score (nSPS) is 11.6. The molecule has 0 saturated heterocycles. The van der Waals surface area contributed by atoms with Crippen molar-refractivity contribution in [1.82, 2.24) is 9.78 Å². The third kappa shape index (κ3) is 2.61. The summed E-state index contributed by atoms with van der Waals surface area (Å²) in [4.78, 5) is 11.7. The number of halogens is 3. The van der Waals surface area contributed by atoms with E-state index < -0.39 is 17.8 Å². The van der Waals surface area contributed by atoms with Gasteiger partial charge in [-0.1, -0.05) is 0 Å². The van der Waals surface area contributed by atoms with Gasteiger partial charge in [0.25, 0.3) is 5.91 Å². The molecule has 1 amide bonds. The highest BCUT2D eigenvalue weighted by Gasteiger charge is 2.35. The van der Waals surface area contributed by atoms with Crippen LogP contribution in [0.2, 0.25) is 0 Å². The van der Waals surface area contributed by atoms with Crippen LogP contribution in [-0.4, -0.2) is 15.7 Å². The van der Waals surface area contributed by atoms with Gasteiger partial charge in [0, 0.05) is 18.7 Å². The van der Waals surface area contributed by atoms with Crippen molar-refractivity contribution in [1.29, 1.82) is 0 Å². The topological polar surface area (TPSA) is 60.1 Å². The van der Waals surface area contributed by atoms with Crippen molar-refractivity contribution in [3.63, 3.8) is 0 Å². The summed E-state index contributed by atoms with van der Waals surface area (Å²) in [5.41, 5.74) is -0.358. The molecule has 2 rings (SSSR count). The number of amides is 1. The Balaban J connectivity index is 2.21. The minimum Gasteiger partial charge on any atom is -0.459 e. The van der Waals surface area contributed by atoms with Crippen molar-refractivity contribution in [2.24, 2.45) is 7.05 Å². The van der Waals surface area contributed by atoms with Gasteiger partial charge < -0.3 is 9.73 Å². The first-order valence-electron chi connectivity index (χ1n) is 5.25. The highest BCUT2D eigenvalue weighted by atomic mass is 19.4. The van der Waals surface area contributed by atoms with Crippen LogP contribution in [0.1, 0.15) is 21.8 Å². The molecule has 0 aliphatic rings. The zero-order valence-corrected chi connectivity index (χ0v) is 10.1. The van der Waals surface area contributed by atoms with Gasteiger partial charge in [-0.25, -0.2) is 0 Å². The largest absolute Gasteiger partial charge is 0.459 e. The van der Waals surface area contributed by atoms with E-state index in [-0.39, 0.29) is 11.6 Å². The van der Waals surface area contributed by atoms with Crippen molar-refractivity contribution in [3.8, 4) is 0 Å². The number of hydrogen-bond donors (Lipinski definition) is 1. The van der Waals surface area contributed by atoms with Crippen LogP contribution in [0.4, 0.5) is 19.0 Å². The second-order valence-electron chi connectivity index (χ2n) is 3.92. The first kappa shape index (κ1) is 13.2. The lowest BCUT2D eigenvalue weighted by molar-refractivity contribution is -0.143. The molecule has 2 aromatic heterocycles. The maximum absolute atomic E-state index is 12.5. The Morgan fingerprint density at radius 2 is 2.16 bits per heavy atom. The molecule has 1 N–H and O–H groups in total. The molecular formula is C11H10F3N3O2. The van der Waals surface area contributed by atoms with Crippen molar-refractivity contribution in [2.45, 2.75) is 13.1 Å². The van der Waals surface area contributed by atoms with Gasteiger partial charge in [-0.05, 0) is 13.0 Å². The molecule has 0 saturated carbocycles. The minimum atomic E-state index is -4.52. The molecule has 0 spiro atoms. The Hall–Kier alpha value is -2.25. The number of hydrogen-bond acceptors (Lipinski definition) is 3. The molecule has 0 unspecified atom stereocenters. The van der Waals surface area contributed by atoms with E-state index in [1.807, 2.05) is 0 Å². The monoisotopic (exact) mass is 273 g/mol. The number of nitrogens with zero attached hydrogens (tertiary/aromatic N) is 2. The van der Waals surface area contributed by atoms with Crippen LogP contribution in [0, 0.1) is 6.92 Å². The molecule has 0 aliphatic heterocycles. The predicted octanol–water partition coefficient (Wildman–Crippen LogP) is 2.59. The van der Waals surface area contributed by atoms with E-state index in [1.165, 1.54) is 6.26 Å². The smallest absolute Gasteiger partial charge is 0.433 e. The van der Waals surface area contributed by atoms with Crippen LogP contribution in [0.5, 0.6) is 0 Å². The van der Waals surface area contributed by atoms with E-state index in [9.17, 15) is 18.0 Å². The Labute approximate surface area is 106 Å². The van der Waals surface area contributed by atoms with E-state index >= 15 is 0 Å². The van der Waals surface area contributed by atoms with Gasteiger partial charge in [0.05, 0.1) is 6.26 Å². The van der Waals surface area contributed by atoms with Crippen LogP contribution in [0.25, 0.3) is 0 Å². The molecular weight excluding hydrogens is 263 g/mol. The van der Waals surface area contributed by atoms with Crippen molar-refractivity contribution >= 4 is 11.7 Å². The molecule has 5 nitrogen and oxygen atoms in total. The fraction of sp³-hybridized carbons (Fsp3) is 0.273. The van der Waals surface area contributed by atoms with Crippen LogP contribution < -0.4 is 5.32 Å². The third-order valence-electron chi connectivity index (χ3n) is 2.48. The molecule has 0 aromatic carbocycles. The molecule has 8 heteroatoms. The van der Waals surface area contributed by atoms with Crippen molar-refractivity contribution in [2.75, 3.05) is 5.32 Å². The van der Waals surface area contributed by atoms with Crippen molar-refractivity contribution in [3.05, 3.63) is 35.4 Å². The van der Waals surface area contributed by atoms with Gasteiger partial charge in [0.2, 0.25) is 0 Å². The lowest BCUT2D eigenvalue weighted by Crippen LogP contribution is -2.12. The SMILES string of the molecule is Cc1ccoc1C(=O)Nc1cc(C(F)(F)F)n(C)n1. The van der Waals surface area contributed by atoms with Gasteiger partial charge in [0.1, 0.15) is 5.69 Å². The van der Waals surface area contributed by atoms with E-state index in [1.54, 1.807) is 13.0 Å². The Kier molecular flexibility index (Phi) is 3.09. The molecule has 102 valence electrons. The number of furan rings is 1. The fourth-order valence-corrected chi connectivity index (χ4v) is 1.57. The number of carbonyl (C=O) groups is 1. The molecule has 0 atom stereocenters. The second kappa shape index (κ2) is 4.45. The minimum absolute atomic E-state index is 0.0409. The standard InChI is InChI=1S/C11H10F3N3O2/c1-6-3-4-19-9(6)10(18)15-8-5-7(11(12,13)14)17(2)16-8/h3-5H,1-2H3,(H,15,16,18). The van der Waals surface area contributed by atoms with Gasteiger partial charge in [-0.2, -0.15) is 18.3 Å². The van der Waals surface area contributed by atoms with Gasteiger partial charge >= 0.3 is 6.18 Å². The average Bonchev–Trinajstić information content (AvgIpc) is 2.83. The average molecular weight is 273 g/mol. The van der Waals surface area contributed by atoms with Crippen LogP contribution >= 0.6 is 0 Å². The first-order valence-corrected chi connectivity index (χ1v) is 5.25. The lowest BCUT2D eigenvalue weighted by Gasteiger charge is -2.04. The van der Waals surface area contributed by atoms with Gasteiger partial charge in [-0.3, -0.25) is 9.48 Å². The van der Waals surface area contributed by atoms with E-state index in [2.05, 4.69) is 10.4 Å². The summed E-state index contributed by atoms with van der Waals surface area (Å²) in [6.07, 6.45) is -3.20. The number of alkyl halides is 3. The molecule has 2 heterocycles. The Bertz CT molecular complexity index is 613. The number of aromatic nitrogens is 2. The molecule has 2 aromatic rings. The van der Waals surface area contributed by atoms with Crippen LogP contribution in [-0.2, 0) is 13.2 Å². The fourth-order valence-electron chi connectivity index (χ4n) is 1.57. The summed E-state index contributed by atoms with van der Waals surface area (Å²) in [5, 5.41) is 5.83.